The molecule has 0 fully saturated rings. The molecule has 0 aromatic heterocycles. The van der Waals surface area contributed by atoms with Crippen LogP contribution in [0.4, 0.5) is 0 Å². The lowest BCUT2D eigenvalue weighted by molar-refractivity contribution is -0.121. The Balaban J connectivity index is 3.04. The molecule has 0 unspecified atom stereocenters. The number of amides is 2. The molecule has 0 saturated heterocycles. The minimum absolute atomic E-state index is 0.0668. The Bertz CT molecular complexity index is 499. The lowest BCUT2D eigenvalue weighted by Crippen LogP contribution is -2.40. The number of rotatable bonds is 5. The second-order valence-corrected chi connectivity index (χ2v) is 3.84. The van der Waals surface area contributed by atoms with Crippen LogP contribution < -0.4 is 5.32 Å². The summed E-state index contributed by atoms with van der Waals surface area (Å²) in [5.41, 5.74) is 0.0172. The van der Waals surface area contributed by atoms with E-state index in [1.807, 2.05) is 0 Å². The molecule has 19 heavy (non-hydrogen) atoms. The molecule has 0 saturated carbocycles. The molecule has 6 heteroatoms. The lowest BCUT2D eigenvalue weighted by atomic mass is 10.1. The molecule has 0 aliphatic carbocycles. The predicted octanol–water partition coefficient (Wildman–Crippen LogP) is 0.593. The van der Waals surface area contributed by atoms with Crippen LogP contribution in [0.25, 0.3) is 0 Å². The number of hydrogen-bond acceptors (Lipinski definition) is 3. The molecule has 1 rings (SSSR count). The van der Waals surface area contributed by atoms with Crippen LogP contribution in [0, 0.1) is 0 Å². The van der Waals surface area contributed by atoms with Gasteiger partial charge in [0.1, 0.15) is 0 Å². The molecule has 0 spiro atoms. The highest BCUT2D eigenvalue weighted by Crippen LogP contribution is 2.12. The van der Waals surface area contributed by atoms with E-state index in [0.717, 1.165) is 0 Å². The van der Waals surface area contributed by atoms with Crippen molar-refractivity contribution in [3.05, 3.63) is 35.4 Å². The van der Waals surface area contributed by atoms with E-state index in [2.05, 4.69) is 5.32 Å². The molecular formula is C13H16N2O4. The summed E-state index contributed by atoms with van der Waals surface area (Å²) < 4.78 is 0. The van der Waals surface area contributed by atoms with E-state index < -0.39 is 11.9 Å². The monoisotopic (exact) mass is 264 g/mol. The fourth-order valence-corrected chi connectivity index (χ4v) is 1.61. The molecule has 0 radical (unpaired) electrons. The minimum atomic E-state index is -1.17. The van der Waals surface area contributed by atoms with Gasteiger partial charge in [0.05, 0.1) is 17.7 Å². The van der Waals surface area contributed by atoms with Gasteiger partial charge in [-0.15, -0.1) is 0 Å². The Hall–Kier alpha value is -2.37. The van der Waals surface area contributed by atoms with Gasteiger partial charge in [0.15, 0.2) is 0 Å². The maximum absolute atomic E-state index is 12.2. The number of benzene rings is 1. The summed E-state index contributed by atoms with van der Waals surface area (Å²) in [6.07, 6.45) is 0. The van der Waals surface area contributed by atoms with Gasteiger partial charge >= 0.3 is 5.97 Å². The second-order valence-electron chi connectivity index (χ2n) is 3.84. The smallest absolute Gasteiger partial charge is 0.336 e. The summed E-state index contributed by atoms with van der Waals surface area (Å²) in [6.45, 7) is 1.95. The number of nitrogens with one attached hydrogen (secondary N) is 1. The van der Waals surface area contributed by atoms with Crippen molar-refractivity contribution in [2.24, 2.45) is 0 Å². The third kappa shape index (κ3) is 3.54. The third-order valence-electron chi connectivity index (χ3n) is 2.67. The molecule has 0 aliphatic heterocycles. The average Bonchev–Trinajstić information content (AvgIpc) is 2.43. The molecule has 0 aliphatic rings. The van der Waals surface area contributed by atoms with Gasteiger partial charge in [0.25, 0.3) is 5.91 Å². The van der Waals surface area contributed by atoms with Gasteiger partial charge in [-0.2, -0.15) is 0 Å². The molecule has 1 aromatic rings. The number of hydrogen-bond donors (Lipinski definition) is 2. The SMILES string of the molecule is CCN(CC(=O)NC)C(=O)c1ccccc1C(=O)O. The van der Waals surface area contributed by atoms with Crippen molar-refractivity contribution in [1.82, 2.24) is 10.2 Å². The highest BCUT2D eigenvalue weighted by Gasteiger charge is 2.21. The quantitative estimate of drug-likeness (QED) is 0.815. The molecule has 102 valence electrons. The summed E-state index contributed by atoms with van der Waals surface area (Å²) in [5.74, 6) is -1.94. The molecule has 6 nitrogen and oxygen atoms in total. The Morgan fingerprint density at radius 2 is 1.79 bits per heavy atom. The van der Waals surface area contributed by atoms with Crippen LogP contribution in [0.15, 0.2) is 24.3 Å². The lowest BCUT2D eigenvalue weighted by Gasteiger charge is -2.20. The number of carboxylic acids is 1. The largest absolute Gasteiger partial charge is 0.478 e. The first kappa shape index (κ1) is 14.7. The van der Waals surface area contributed by atoms with E-state index in [-0.39, 0.29) is 23.6 Å². The van der Waals surface area contributed by atoms with Gasteiger partial charge in [0, 0.05) is 13.6 Å². The normalized spacial score (nSPS) is 9.79. The highest BCUT2D eigenvalue weighted by molar-refractivity contribution is 6.05. The van der Waals surface area contributed by atoms with Crippen LogP contribution >= 0.6 is 0 Å². The van der Waals surface area contributed by atoms with Gasteiger partial charge in [-0.3, -0.25) is 9.59 Å². The summed E-state index contributed by atoms with van der Waals surface area (Å²) >= 11 is 0. The summed E-state index contributed by atoms with van der Waals surface area (Å²) in [7, 11) is 1.48. The number of carboxylic acid groups (broad SMARTS) is 1. The molecule has 1 aromatic carbocycles. The van der Waals surface area contributed by atoms with E-state index in [4.69, 9.17) is 5.11 Å². The Kier molecular flexibility index (Phi) is 5.05. The van der Waals surface area contributed by atoms with Crippen LogP contribution in [-0.2, 0) is 4.79 Å². The first-order valence-electron chi connectivity index (χ1n) is 5.83. The standard InChI is InChI=1S/C13H16N2O4/c1-3-15(8-11(16)14-2)12(17)9-6-4-5-7-10(9)13(18)19/h4-7H,3,8H2,1-2H3,(H,14,16)(H,18,19). The van der Waals surface area contributed by atoms with Crippen molar-refractivity contribution in [3.8, 4) is 0 Å². The van der Waals surface area contributed by atoms with Crippen molar-refractivity contribution in [2.75, 3.05) is 20.1 Å². The van der Waals surface area contributed by atoms with Crippen molar-refractivity contribution in [1.29, 1.82) is 0 Å². The van der Waals surface area contributed by atoms with Crippen LogP contribution in [0.2, 0.25) is 0 Å². The zero-order valence-electron chi connectivity index (χ0n) is 10.8. The van der Waals surface area contributed by atoms with Crippen molar-refractivity contribution in [2.45, 2.75) is 6.92 Å². The number of carbonyl (C=O) groups excluding carboxylic acids is 2. The fraction of sp³-hybridized carbons (Fsp3) is 0.308. The maximum atomic E-state index is 12.2. The van der Waals surface area contributed by atoms with E-state index in [0.29, 0.717) is 6.54 Å². The fourth-order valence-electron chi connectivity index (χ4n) is 1.61. The summed E-state index contributed by atoms with van der Waals surface area (Å²) in [6, 6.07) is 5.95. The van der Waals surface area contributed by atoms with Crippen molar-refractivity contribution in [3.63, 3.8) is 0 Å². The number of aromatic carboxylic acids is 1. The van der Waals surface area contributed by atoms with E-state index >= 15 is 0 Å². The van der Waals surface area contributed by atoms with Crippen molar-refractivity contribution < 1.29 is 19.5 Å². The molecule has 0 bridgehead atoms. The number of nitrogens with zero attached hydrogens (tertiary/aromatic N) is 1. The topological polar surface area (TPSA) is 86.7 Å². The summed E-state index contributed by atoms with van der Waals surface area (Å²) in [4.78, 5) is 35.9. The minimum Gasteiger partial charge on any atom is -0.478 e. The molecule has 0 atom stereocenters. The maximum Gasteiger partial charge on any atom is 0.336 e. The number of carbonyl (C=O) groups is 3. The molecular weight excluding hydrogens is 248 g/mol. The Labute approximate surface area is 111 Å². The summed E-state index contributed by atoms with van der Waals surface area (Å²) in [5, 5.41) is 11.5. The zero-order valence-corrected chi connectivity index (χ0v) is 10.8. The van der Waals surface area contributed by atoms with Crippen LogP contribution in [0.5, 0.6) is 0 Å². The van der Waals surface area contributed by atoms with Crippen LogP contribution in [0.1, 0.15) is 27.6 Å². The zero-order chi connectivity index (χ0) is 14.4. The Morgan fingerprint density at radius 3 is 2.26 bits per heavy atom. The first-order valence-corrected chi connectivity index (χ1v) is 5.83. The van der Waals surface area contributed by atoms with E-state index in [1.165, 1.54) is 24.1 Å². The molecule has 0 heterocycles. The predicted molar refractivity (Wildman–Crippen MR) is 69.0 cm³/mol. The van der Waals surface area contributed by atoms with Crippen molar-refractivity contribution >= 4 is 17.8 Å². The van der Waals surface area contributed by atoms with Crippen LogP contribution in [-0.4, -0.2) is 47.9 Å². The van der Waals surface area contributed by atoms with Gasteiger partial charge in [0.2, 0.25) is 5.91 Å². The van der Waals surface area contributed by atoms with E-state index in [1.54, 1.807) is 19.1 Å². The Morgan fingerprint density at radius 1 is 1.21 bits per heavy atom. The van der Waals surface area contributed by atoms with Gasteiger partial charge in [-0.25, -0.2) is 4.79 Å². The van der Waals surface area contributed by atoms with Gasteiger partial charge < -0.3 is 15.3 Å². The van der Waals surface area contributed by atoms with Gasteiger partial charge in [-0.1, -0.05) is 12.1 Å². The highest BCUT2D eigenvalue weighted by atomic mass is 16.4. The molecule has 2 N–H and O–H groups in total. The average molecular weight is 264 g/mol. The van der Waals surface area contributed by atoms with E-state index in [9.17, 15) is 14.4 Å². The number of likely N-dealkylation sites (N-methyl/N-ethyl adjacent to an activating group) is 2. The molecule has 2 amide bonds. The van der Waals surface area contributed by atoms with Crippen LogP contribution in [0.3, 0.4) is 0 Å². The first-order chi connectivity index (χ1) is 9.01. The third-order valence-corrected chi connectivity index (χ3v) is 2.67. The second kappa shape index (κ2) is 6.53. The van der Waals surface area contributed by atoms with Gasteiger partial charge in [-0.05, 0) is 19.1 Å².